The van der Waals surface area contributed by atoms with Gasteiger partial charge in [-0.05, 0) is 19.9 Å². The van der Waals surface area contributed by atoms with Crippen LogP contribution in [0.2, 0.25) is 0 Å². The van der Waals surface area contributed by atoms with E-state index in [-0.39, 0.29) is 0 Å². The van der Waals surface area contributed by atoms with E-state index in [9.17, 15) is 0 Å². The Labute approximate surface area is 80.4 Å². The second kappa shape index (κ2) is 7.23. The van der Waals surface area contributed by atoms with Crippen LogP contribution in [0, 0.1) is 0 Å². The average Bonchev–Trinajstić information content (AvgIpc) is 2.00. The Morgan fingerprint density at radius 1 is 1.17 bits per heavy atom. The summed E-state index contributed by atoms with van der Waals surface area (Å²) in [5.74, 6) is 0. The van der Waals surface area contributed by atoms with Crippen molar-refractivity contribution in [2.45, 2.75) is 32.9 Å². The summed E-state index contributed by atoms with van der Waals surface area (Å²) in [4.78, 5) is 1.32. The molecular formula is C11H18S. The van der Waals surface area contributed by atoms with Crippen molar-refractivity contribution in [2.75, 3.05) is 0 Å². The first-order valence-corrected chi connectivity index (χ1v) is 5.21. The normalized spacial score (nSPS) is 13.9. The number of hydrogen-bond donors (Lipinski definition) is 0. The zero-order valence-electron chi connectivity index (χ0n) is 8.37. The first kappa shape index (κ1) is 11.6. The summed E-state index contributed by atoms with van der Waals surface area (Å²) in [6, 6.07) is 0. The van der Waals surface area contributed by atoms with Crippen molar-refractivity contribution in [1.82, 2.24) is 0 Å². The van der Waals surface area contributed by atoms with E-state index in [1.165, 1.54) is 4.91 Å². The monoisotopic (exact) mass is 182 g/mol. The smallest absolute Gasteiger partial charge is 0.00711 e. The maximum atomic E-state index is 2.21. The molecule has 0 aromatic carbocycles. The van der Waals surface area contributed by atoms with Gasteiger partial charge in [-0.3, -0.25) is 0 Å². The summed E-state index contributed by atoms with van der Waals surface area (Å²) < 4.78 is 0. The van der Waals surface area contributed by atoms with E-state index in [1.807, 2.05) is 31.7 Å². The summed E-state index contributed by atoms with van der Waals surface area (Å²) in [5, 5.41) is 0.651. The molecule has 0 aliphatic heterocycles. The molecule has 0 aromatic rings. The van der Waals surface area contributed by atoms with Gasteiger partial charge in [-0.1, -0.05) is 38.2 Å². The molecule has 0 amide bonds. The van der Waals surface area contributed by atoms with Crippen molar-refractivity contribution in [3.8, 4) is 0 Å². The minimum atomic E-state index is 0.651. The third kappa shape index (κ3) is 6.29. The summed E-state index contributed by atoms with van der Waals surface area (Å²) in [7, 11) is 0. The predicted octanol–water partition coefficient (Wildman–Crippen LogP) is 4.16. The summed E-state index contributed by atoms with van der Waals surface area (Å²) in [5.41, 5.74) is 0. The van der Waals surface area contributed by atoms with Gasteiger partial charge < -0.3 is 0 Å². The Morgan fingerprint density at radius 3 is 2.25 bits per heavy atom. The molecule has 12 heavy (non-hydrogen) atoms. The average molecular weight is 182 g/mol. The summed E-state index contributed by atoms with van der Waals surface area (Å²) in [6.07, 6.45) is 10.5. The lowest BCUT2D eigenvalue weighted by atomic mass is 10.4. The molecule has 68 valence electrons. The van der Waals surface area contributed by atoms with Crippen LogP contribution >= 0.6 is 11.8 Å². The van der Waals surface area contributed by atoms with Crippen LogP contribution in [-0.4, -0.2) is 5.25 Å². The van der Waals surface area contributed by atoms with Crippen LogP contribution in [0.1, 0.15) is 27.7 Å². The Bertz CT molecular complexity index is 185. The van der Waals surface area contributed by atoms with Crippen LogP contribution in [0.4, 0.5) is 0 Å². The summed E-state index contributed by atoms with van der Waals surface area (Å²) in [6.45, 7) is 8.49. The molecule has 0 aromatic heterocycles. The molecule has 0 radical (unpaired) electrons. The molecule has 0 fully saturated rings. The number of allylic oxidation sites excluding steroid dienone is 5. The fourth-order valence-electron chi connectivity index (χ4n) is 0.762. The molecule has 0 saturated carbocycles. The van der Waals surface area contributed by atoms with Gasteiger partial charge in [0.1, 0.15) is 0 Å². The van der Waals surface area contributed by atoms with Crippen LogP contribution in [0.25, 0.3) is 0 Å². The lowest BCUT2D eigenvalue weighted by molar-refractivity contribution is 1.12. The first-order valence-electron chi connectivity index (χ1n) is 4.33. The topological polar surface area (TPSA) is 0 Å². The van der Waals surface area contributed by atoms with E-state index in [2.05, 4.69) is 38.2 Å². The van der Waals surface area contributed by atoms with Crippen molar-refractivity contribution in [1.29, 1.82) is 0 Å². The third-order valence-corrected chi connectivity index (χ3v) is 2.17. The van der Waals surface area contributed by atoms with Crippen molar-refractivity contribution in [3.63, 3.8) is 0 Å². The molecule has 0 heterocycles. The summed E-state index contributed by atoms with van der Waals surface area (Å²) >= 11 is 1.89. The molecule has 0 saturated heterocycles. The minimum absolute atomic E-state index is 0.651. The van der Waals surface area contributed by atoms with Crippen molar-refractivity contribution in [2.24, 2.45) is 0 Å². The highest BCUT2D eigenvalue weighted by atomic mass is 32.2. The van der Waals surface area contributed by atoms with E-state index in [1.54, 1.807) is 0 Å². The van der Waals surface area contributed by atoms with Crippen LogP contribution in [0.5, 0.6) is 0 Å². The molecule has 0 bridgehead atoms. The van der Waals surface area contributed by atoms with Gasteiger partial charge in [-0.2, -0.15) is 0 Å². The fourth-order valence-corrected chi connectivity index (χ4v) is 1.68. The molecule has 0 rings (SSSR count). The molecule has 0 spiro atoms. The maximum Gasteiger partial charge on any atom is 0.00711 e. The minimum Gasteiger partial charge on any atom is -0.123 e. The molecule has 0 unspecified atom stereocenters. The lowest BCUT2D eigenvalue weighted by Crippen LogP contribution is -1.85. The fraction of sp³-hybridized carbons (Fsp3) is 0.455. The molecule has 0 nitrogen and oxygen atoms in total. The zero-order valence-corrected chi connectivity index (χ0v) is 9.19. The standard InChI is InChI=1S/C11H18S/c1-5-7-9-11(8-6-2)12-10(3)4/h5-10H,1-4H3/b7-5-,8-6-,11-9+. The SMILES string of the molecule is C\C=C/C=C(\C=C/C)SC(C)C. The second-order valence-electron chi connectivity index (χ2n) is 2.76. The Kier molecular flexibility index (Phi) is 6.97. The highest BCUT2D eigenvalue weighted by Gasteiger charge is 1.95. The van der Waals surface area contributed by atoms with Crippen molar-refractivity contribution in [3.05, 3.63) is 35.3 Å². The predicted molar refractivity (Wildman–Crippen MR) is 60.4 cm³/mol. The van der Waals surface area contributed by atoms with Crippen LogP contribution < -0.4 is 0 Å². The van der Waals surface area contributed by atoms with Gasteiger partial charge in [-0.15, -0.1) is 11.8 Å². The van der Waals surface area contributed by atoms with E-state index in [0.717, 1.165) is 0 Å². The molecule has 0 N–H and O–H groups in total. The highest BCUT2D eigenvalue weighted by molar-refractivity contribution is 8.03. The van der Waals surface area contributed by atoms with Crippen molar-refractivity contribution >= 4 is 11.8 Å². The maximum absolute atomic E-state index is 2.21. The van der Waals surface area contributed by atoms with Crippen LogP contribution in [0.3, 0.4) is 0 Å². The third-order valence-electron chi connectivity index (χ3n) is 1.16. The Balaban J connectivity index is 4.22. The van der Waals surface area contributed by atoms with Gasteiger partial charge in [0, 0.05) is 10.2 Å². The highest BCUT2D eigenvalue weighted by Crippen LogP contribution is 2.22. The molecule has 1 heteroatoms. The van der Waals surface area contributed by atoms with Crippen LogP contribution in [-0.2, 0) is 0 Å². The van der Waals surface area contributed by atoms with Crippen LogP contribution in [0.15, 0.2) is 35.3 Å². The largest absolute Gasteiger partial charge is 0.123 e. The number of rotatable bonds is 4. The van der Waals surface area contributed by atoms with Gasteiger partial charge >= 0.3 is 0 Å². The van der Waals surface area contributed by atoms with E-state index >= 15 is 0 Å². The first-order chi connectivity index (χ1) is 5.70. The van der Waals surface area contributed by atoms with E-state index in [4.69, 9.17) is 0 Å². The van der Waals surface area contributed by atoms with Gasteiger partial charge in [0.05, 0.1) is 0 Å². The van der Waals surface area contributed by atoms with E-state index in [0.29, 0.717) is 5.25 Å². The molecule has 0 aliphatic carbocycles. The van der Waals surface area contributed by atoms with E-state index < -0.39 is 0 Å². The van der Waals surface area contributed by atoms with Gasteiger partial charge in [0.2, 0.25) is 0 Å². The van der Waals surface area contributed by atoms with Crippen molar-refractivity contribution < 1.29 is 0 Å². The zero-order chi connectivity index (χ0) is 9.40. The van der Waals surface area contributed by atoms with Gasteiger partial charge in [-0.25, -0.2) is 0 Å². The molecular weight excluding hydrogens is 164 g/mol. The molecule has 0 atom stereocenters. The Hall–Kier alpha value is -0.430. The second-order valence-corrected chi connectivity index (χ2v) is 4.41. The number of thioether (sulfide) groups is 1. The lowest BCUT2D eigenvalue weighted by Gasteiger charge is -2.03. The Morgan fingerprint density at radius 2 is 1.83 bits per heavy atom. The van der Waals surface area contributed by atoms with Gasteiger partial charge in [0.25, 0.3) is 0 Å². The molecule has 0 aliphatic rings. The number of hydrogen-bond acceptors (Lipinski definition) is 1. The quantitative estimate of drug-likeness (QED) is 0.588. The van der Waals surface area contributed by atoms with Gasteiger partial charge in [0.15, 0.2) is 0 Å².